The summed E-state index contributed by atoms with van der Waals surface area (Å²) >= 11 is 0. The van der Waals surface area contributed by atoms with E-state index in [1.54, 1.807) is 18.6 Å². The van der Waals surface area contributed by atoms with Crippen molar-refractivity contribution < 1.29 is 13.2 Å². The average molecular weight is 424 g/mol. The normalized spacial score (nSPS) is 14.3. The number of hydrogen-bond acceptors (Lipinski definition) is 5. The SMILES string of the molecule is CS(=O)(=O)N1CCc2cc(OCCCc3ccc(-c4cnccn4)cc3)ccc2C1. The fourth-order valence-electron chi connectivity index (χ4n) is 3.63. The molecular weight excluding hydrogens is 398 g/mol. The second-order valence-electron chi connectivity index (χ2n) is 7.52. The molecule has 0 radical (unpaired) electrons. The van der Waals surface area contributed by atoms with Gasteiger partial charge in [0, 0.05) is 31.0 Å². The lowest BCUT2D eigenvalue weighted by Gasteiger charge is -2.27. The van der Waals surface area contributed by atoms with Gasteiger partial charge in [0.15, 0.2) is 0 Å². The van der Waals surface area contributed by atoms with Gasteiger partial charge in [-0.3, -0.25) is 9.97 Å². The molecule has 2 aromatic carbocycles. The number of hydrogen-bond donors (Lipinski definition) is 0. The highest BCUT2D eigenvalue weighted by molar-refractivity contribution is 7.88. The van der Waals surface area contributed by atoms with E-state index in [0.29, 0.717) is 19.7 Å². The summed E-state index contributed by atoms with van der Waals surface area (Å²) in [6.07, 6.45) is 8.97. The van der Waals surface area contributed by atoms with Gasteiger partial charge in [0.2, 0.25) is 10.0 Å². The van der Waals surface area contributed by atoms with Crippen molar-refractivity contribution in [3.63, 3.8) is 0 Å². The largest absolute Gasteiger partial charge is 0.494 e. The lowest BCUT2D eigenvalue weighted by atomic mass is 10.0. The Balaban J connectivity index is 1.27. The molecular formula is C23H25N3O3S. The molecule has 0 fully saturated rings. The van der Waals surface area contributed by atoms with Gasteiger partial charge >= 0.3 is 0 Å². The highest BCUT2D eigenvalue weighted by atomic mass is 32.2. The van der Waals surface area contributed by atoms with Crippen LogP contribution in [0.15, 0.2) is 61.1 Å². The molecule has 6 nitrogen and oxygen atoms in total. The van der Waals surface area contributed by atoms with E-state index in [4.69, 9.17) is 4.74 Å². The number of aryl methyl sites for hydroxylation is 1. The van der Waals surface area contributed by atoms with Crippen molar-refractivity contribution in [2.45, 2.75) is 25.8 Å². The van der Waals surface area contributed by atoms with Crippen molar-refractivity contribution in [3.8, 4) is 17.0 Å². The van der Waals surface area contributed by atoms with Crippen molar-refractivity contribution >= 4 is 10.0 Å². The van der Waals surface area contributed by atoms with Gasteiger partial charge in [-0.25, -0.2) is 8.42 Å². The fraction of sp³-hybridized carbons (Fsp3) is 0.304. The number of sulfonamides is 1. The fourth-order valence-corrected chi connectivity index (χ4v) is 4.43. The standard InChI is InChI=1S/C23H25N3O3S/c1-30(27,28)26-13-10-20-15-22(9-8-21(20)17-26)29-14-2-3-18-4-6-19(7-5-18)23-16-24-11-12-25-23/h4-9,11-12,15-16H,2-3,10,13-14,17H2,1H3. The van der Waals surface area contributed by atoms with Crippen LogP contribution < -0.4 is 4.74 Å². The van der Waals surface area contributed by atoms with E-state index in [1.807, 2.05) is 18.2 Å². The van der Waals surface area contributed by atoms with Gasteiger partial charge in [0.05, 0.1) is 24.8 Å². The van der Waals surface area contributed by atoms with Crippen LogP contribution in [0.5, 0.6) is 5.75 Å². The molecule has 1 aliphatic heterocycles. The van der Waals surface area contributed by atoms with Gasteiger partial charge < -0.3 is 4.74 Å². The molecule has 0 spiro atoms. The van der Waals surface area contributed by atoms with Gasteiger partial charge in [0.1, 0.15) is 5.75 Å². The third kappa shape index (κ3) is 5.04. The van der Waals surface area contributed by atoms with Crippen LogP contribution in [-0.4, -0.2) is 42.1 Å². The maximum atomic E-state index is 11.7. The van der Waals surface area contributed by atoms with Crippen molar-refractivity contribution in [2.24, 2.45) is 0 Å². The van der Waals surface area contributed by atoms with E-state index >= 15 is 0 Å². The quantitative estimate of drug-likeness (QED) is 0.544. The van der Waals surface area contributed by atoms with Gasteiger partial charge in [0.25, 0.3) is 0 Å². The van der Waals surface area contributed by atoms with Gasteiger partial charge in [-0.15, -0.1) is 0 Å². The molecule has 4 rings (SSSR count). The van der Waals surface area contributed by atoms with Crippen molar-refractivity contribution in [3.05, 3.63) is 77.7 Å². The first-order chi connectivity index (χ1) is 14.5. The van der Waals surface area contributed by atoms with Crippen LogP contribution in [-0.2, 0) is 29.4 Å². The zero-order valence-electron chi connectivity index (χ0n) is 17.0. The summed E-state index contributed by atoms with van der Waals surface area (Å²) in [5.41, 5.74) is 5.43. The first-order valence-electron chi connectivity index (χ1n) is 10.0. The highest BCUT2D eigenvalue weighted by Crippen LogP contribution is 2.25. The Labute approximate surface area is 177 Å². The van der Waals surface area contributed by atoms with Crippen molar-refractivity contribution in [1.29, 1.82) is 0 Å². The molecule has 156 valence electrons. The van der Waals surface area contributed by atoms with E-state index in [-0.39, 0.29) is 0 Å². The third-order valence-corrected chi connectivity index (χ3v) is 6.57. The van der Waals surface area contributed by atoms with Gasteiger partial charge in [-0.05, 0) is 48.1 Å². The van der Waals surface area contributed by atoms with Crippen molar-refractivity contribution in [1.82, 2.24) is 14.3 Å². The molecule has 0 atom stereocenters. The summed E-state index contributed by atoms with van der Waals surface area (Å²) in [6.45, 7) is 1.61. The smallest absolute Gasteiger partial charge is 0.211 e. The van der Waals surface area contributed by atoms with Gasteiger partial charge in [-0.1, -0.05) is 30.3 Å². The molecule has 0 bridgehead atoms. The van der Waals surface area contributed by atoms with E-state index in [1.165, 1.54) is 21.7 Å². The molecule has 0 N–H and O–H groups in total. The van der Waals surface area contributed by atoms with Crippen LogP contribution in [0.25, 0.3) is 11.3 Å². The molecule has 0 unspecified atom stereocenters. The highest BCUT2D eigenvalue weighted by Gasteiger charge is 2.23. The Morgan fingerprint density at radius 2 is 1.90 bits per heavy atom. The number of benzene rings is 2. The van der Waals surface area contributed by atoms with E-state index in [0.717, 1.165) is 41.8 Å². The Bertz CT molecular complexity index is 1100. The maximum absolute atomic E-state index is 11.7. The van der Waals surface area contributed by atoms with Crippen LogP contribution >= 0.6 is 0 Å². The minimum Gasteiger partial charge on any atom is -0.494 e. The first-order valence-corrected chi connectivity index (χ1v) is 11.9. The summed E-state index contributed by atoms with van der Waals surface area (Å²) in [4.78, 5) is 8.43. The molecule has 0 aliphatic carbocycles. The second kappa shape index (κ2) is 8.93. The average Bonchev–Trinajstić information content (AvgIpc) is 2.77. The predicted molar refractivity (Wildman–Crippen MR) is 117 cm³/mol. The molecule has 0 amide bonds. The number of fused-ring (bicyclic) bond motifs is 1. The third-order valence-electron chi connectivity index (χ3n) is 5.32. The summed E-state index contributed by atoms with van der Waals surface area (Å²) in [7, 11) is -3.15. The molecule has 1 aromatic heterocycles. The second-order valence-corrected chi connectivity index (χ2v) is 9.50. The lowest BCUT2D eigenvalue weighted by Crippen LogP contribution is -2.35. The number of aromatic nitrogens is 2. The minimum atomic E-state index is -3.15. The Morgan fingerprint density at radius 3 is 2.63 bits per heavy atom. The van der Waals surface area contributed by atoms with Crippen LogP contribution in [0.2, 0.25) is 0 Å². The predicted octanol–water partition coefficient (Wildman–Crippen LogP) is 3.47. The van der Waals surface area contributed by atoms with E-state index in [9.17, 15) is 8.42 Å². The number of nitrogens with zero attached hydrogens (tertiary/aromatic N) is 3. The van der Waals surface area contributed by atoms with E-state index in [2.05, 4.69) is 34.2 Å². The Morgan fingerprint density at radius 1 is 1.07 bits per heavy atom. The maximum Gasteiger partial charge on any atom is 0.211 e. The summed E-state index contributed by atoms with van der Waals surface area (Å²) in [6, 6.07) is 14.3. The molecule has 2 heterocycles. The van der Waals surface area contributed by atoms with Crippen LogP contribution in [0.4, 0.5) is 0 Å². The van der Waals surface area contributed by atoms with Gasteiger partial charge in [-0.2, -0.15) is 4.31 Å². The number of ether oxygens (including phenoxy) is 1. The molecule has 3 aromatic rings. The zero-order chi connectivity index (χ0) is 21.0. The Kier molecular flexibility index (Phi) is 6.11. The monoisotopic (exact) mass is 423 g/mol. The number of rotatable bonds is 7. The lowest BCUT2D eigenvalue weighted by molar-refractivity contribution is 0.309. The molecule has 7 heteroatoms. The first kappa shape index (κ1) is 20.5. The van der Waals surface area contributed by atoms with Crippen LogP contribution in [0.3, 0.4) is 0 Å². The molecule has 30 heavy (non-hydrogen) atoms. The Hall–Kier alpha value is -2.77. The van der Waals surface area contributed by atoms with Crippen molar-refractivity contribution in [2.75, 3.05) is 19.4 Å². The summed E-state index contributed by atoms with van der Waals surface area (Å²) < 4.78 is 30.9. The molecule has 0 saturated carbocycles. The summed E-state index contributed by atoms with van der Waals surface area (Å²) in [5, 5.41) is 0. The minimum absolute atomic E-state index is 0.443. The topological polar surface area (TPSA) is 72.4 Å². The summed E-state index contributed by atoms with van der Waals surface area (Å²) in [5.74, 6) is 0.847. The molecule has 0 saturated heterocycles. The zero-order valence-corrected chi connectivity index (χ0v) is 17.8. The van der Waals surface area contributed by atoms with E-state index < -0.39 is 10.0 Å². The molecule has 1 aliphatic rings. The van der Waals surface area contributed by atoms with Crippen LogP contribution in [0, 0.1) is 0 Å². The van der Waals surface area contributed by atoms with Crippen LogP contribution in [0.1, 0.15) is 23.1 Å².